The number of nitrogens with zero attached hydrogens (tertiary/aromatic N) is 1. The van der Waals surface area contributed by atoms with Crippen molar-refractivity contribution in [3.05, 3.63) is 70.8 Å². The Labute approximate surface area is 233 Å². The van der Waals surface area contributed by atoms with Gasteiger partial charge in [0.25, 0.3) is 0 Å². The summed E-state index contributed by atoms with van der Waals surface area (Å²) < 4.78 is 5.50. The number of aryl methyl sites for hydroxylation is 2. The predicted octanol–water partition coefficient (Wildman–Crippen LogP) is 5.98. The van der Waals surface area contributed by atoms with Crippen molar-refractivity contribution in [1.29, 1.82) is 0 Å². The van der Waals surface area contributed by atoms with E-state index < -0.39 is 23.8 Å². The Balaban J connectivity index is 2.01. The van der Waals surface area contributed by atoms with Crippen molar-refractivity contribution in [2.24, 2.45) is 5.92 Å². The zero-order chi connectivity index (χ0) is 28.7. The van der Waals surface area contributed by atoms with Gasteiger partial charge >= 0.3 is 6.09 Å². The van der Waals surface area contributed by atoms with Gasteiger partial charge in [0.2, 0.25) is 11.8 Å². The largest absolute Gasteiger partial charge is 0.444 e. The van der Waals surface area contributed by atoms with Crippen LogP contribution in [0, 0.1) is 19.8 Å². The lowest BCUT2D eigenvalue weighted by atomic mass is 9.86. The molecule has 1 saturated carbocycles. The molecule has 212 valence electrons. The van der Waals surface area contributed by atoms with E-state index in [0.717, 1.165) is 41.5 Å². The standard InChI is InChI=1S/C32H45N3O4/c1-21(2)18-27(34-31(38)39-32(5,6)7)30(37)35(25-14-11-15-25)28(26-19-22(3)16-17-23(26)4)29(36)33-20-24-12-9-8-10-13-24/h8-10,12-13,16-17,19,21,25,27-28H,11,14-15,18,20H2,1-7H3,(H,33,36)(H,34,38). The van der Waals surface area contributed by atoms with E-state index in [4.69, 9.17) is 4.74 Å². The molecule has 0 saturated heterocycles. The van der Waals surface area contributed by atoms with Crippen LogP contribution < -0.4 is 10.6 Å². The molecule has 2 aromatic carbocycles. The molecule has 39 heavy (non-hydrogen) atoms. The summed E-state index contributed by atoms with van der Waals surface area (Å²) >= 11 is 0. The smallest absolute Gasteiger partial charge is 0.408 e. The van der Waals surface area contributed by atoms with Crippen LogP contribution in [-0.2, 0) is 20.9 Å². The summed E-state index contributed by atoms with van der Waals surface area (Å²) in [5.41, 5.74) is 3.06. The first kappa shape index (κ1) is 30.2. The number of nitrogens with one attached hydrogen (secondary N) is 2. The maximum atomic E-state index is 14.4. The fraction of sp³-hybridized carbons (Fsp3) is 0.531. The van der Waals surface area contributed by atoms with Gasteiger partial charge in [-0.05, 0) is 82.9 Å². The summed E-state index contributed by atoms with van der Waals surface area (Å²) in [5.74, 6) is -0.336. The van der Waals surface area contributed by atoms with Crippen molar-refractivity contribution in [3.8, 4) is 0 Å². The molecule has 1 fully saturated rings. The number of hydrogen-bond donors (Lipinski definition) is 2. The summed E-state index contributed by atoms with van der Waals surface area (Å²) in [7, 11) is 0. The molecule has 7 nitrogen and oxygen atoms in total. The second kappa shape index (κ2) is 13.1. The van der Waals surface area contributed by atoms with Gasteiger partial charge in [0.05, 0.1) is 0 Å². The van der Waals surface area contributed by atoms with Crippen molar-refractivity contribution in [2.45, 2.75) is 104 Å². The molecule has 0 aromatic heterocycles. The maximum Gasteiger partial charge on any atom is 0.408 e. The third-order valence-electron chi connectivity index (χ3n) is 6.98. The lowest BCUT2D eigenvalue weighted by Crippen LogP contribution is -2.57. The van der Waals surface area contributed by atoms with Crippen LogP contribution in [0.25, 0.3) is 0 Å². The van der Waals surface area contributed by atoms with Crippen molar-refractivity contribution in [1.82, 2.24) is 15.5 Å². The topological polar surface area (TPSA) is 87.7 Å². The first-order chi connectivity index (χ1) is 18.4. The molecule has 2 N–H and O–H groups in total. The second-order valence-corrected chi connectivity index (χ2v) is 12.1. The van der Waals surface area contributed by atoms with Gasteiger partial charge in [0, 0.05) is 12.6 Å². The first-order valence-electron chi connectivity index (χ1n) is 14.1. The number of hydrogen-bond acceptors (Lipinski definition) is 4. The van der Waals surface area contributed by atoms with E-state index in [-0.39, 0.29) is 23.8 Å². The Hall–Kier alpha value is -3.35. The van der Waals surface area contributed by atoms with Gasteiger partial charge < -0.3 is 20.3 Å². The van der Waals surface area contributed by atoms with Crippen LogP contribution in [0.4, 0.5) is 4.79 Å². The summed E-state index contributed by atoms with van der Waals surface area (Å²) in [4.78, 5) is 42.9. The van der Waals surface area contributed by atoms with Gasteiger partial charge in [-0.3, -0.25) is 9.59 Å². The second-order valence-electron chi connectivity index (χ2n) is 12.1. The van der Waals surface area contributed by atoms with Crippen molar-refractivity contribution < 1.29 is 19.1 Å². The number of amides is 3. The normalized spacial score (nSPS) is 15.2. The SMILES string of the molecule is Cc1ccc(C)c(C(C(=O)NCc2ccccc2)N(C(=O)C(CC(C)C)NC(=O)OC(C)(C)C)C2CCC2)c1. The molecule has 0 aliphatic heterocycles. The molecule has 7 heteroatoms. The van der Waals surface area contributed by atoms with E-state index >= 15 is 0 Å². The monoisotopic (exact) mass is 535 g/mol. The molecule has 2 atom stereocenters. The molecule has 0 spiro atoms. The van der Waals surface area contributed by atoms with Crippen LogP contribution in [0.5, 0.6) is 0 Å². The molecule has 0 radical (unpaired) electrons. The van der Waals surface area contributed by atoms with Crippen LogP contribution in [0.3, 0.4) is 0 Å². The predicted molar refractivity (Wildman–Crippen MR) is 154 cm³/mol. The number of ether oxygens (including phenoxy) is 1. The maximum absolute atomic E-state index is 14.4. The van der Waals surface area contributed by atoms with Gasteiger partial charge in [-0.25, -0.2) is 4.79 Å². The van der Waals surface area contributed by atoms with E-state index in [9.17, 15) is 14.4 Å². The zero-order valence-electron chi connectivity index (χ0n) is 24.5. The highest BCUT2D eigenvalue weighted by Crippen LogP contribution is 2.35. The number of rotatable bonds is 10. The highest BCUT2D eigenvalue weighted by Gasteiger charge is 2.42. The highest BCUT2D eigenvalue weighted by atomic mass is 16.6. The lowest BCUT2D eigenvalue weighted by molar-refractivity contribution is -0.147. The number of alkyl carbamates (subject to hydrolysis) is 1. The third-order valence-corrected chi connectivity index (χ3v) is 6.98. The van der Waals surface area contributed by atoms with E-state index in [1.807, 2.05) is 76.2 Å². The van der Waals surface area contributed by atoms with Crippen LogP contribution in [0.1, 0.15) is 88.6 Å². The molecule has 2 unspecified atom stereocenters. The minimum atomic E-state index is -0.818. The van der Waals surface area contributed by atoms with E-state index in [1.165, 1.54) is 0 Å². The molecule has 1 aliphatic carbocycles. The lowest BCUT2D eigenvalue weighted by Gasteiger charge is -2.44. The van der Waals surface area contributed by atoms with Crippen molar-refractivity contribution in [3.63, 3.8) is 0 Å². The molecule has 2 aromatic rings. The molecule has 0 bridgehead atoms. The van der Waals surface area contributed by atoms with E-state index in [1.54, 1.807) is 25.7 Å². The Morgan fingerprint density at radius 3 is 2.26 bits per heavy atom. The zero-order valence-corrected chi connectivity index (χ0v) is 24.5. The Bertz CT molecular complexity index is 1140. The fourth-order valence-electron chi connectivity index (χ4n) is 4.86. The third kappa shape index (κ3) is 8.57. The van der Waals surface area contributed by atoms with Crippen LogP contribution in [0.2, 0.25) is 0 Å². The molecular formula is C32H45N3O4. The van der Waals surface area contributed by atoms with E-state index in [0.29, 0.717) is 13.0 Å². The average Bonchev–Trinajstić information content (AvgIpc) is 2.81. The highest BCUT2D eigenvalue weighted by molar-refractivity contribution is 5.92. The molecule has 1 aliphatic rings. The van der Waals surface area contributed by atoms with Crippen molar-refractivity contribution >= 4 is 17.9 Å². The van der Waals surface area contributed by atoms with Gasteiger partial charge in [0.15, 0.2) is 0 Å². The number of benzene rings is 2. The number of carbonyl (C=O) groups excluding carboxylic acids is 3. The first-order valence-corrected chi connectivity index (χ1v) is 14.1. The Kier molecular flexibility index (Phi) is 10.2. The van der Waals surface area contributed by atoms with Crippen LogP contribution >= 0.6 is 0 Å². The molecule has 3 rings (SSSR count). The van der Waals surface area contributed by atoms with Gasteiger partial charge in [-0.1, -0.05) is 67.9 Å². The summed E-state index contributed by atoms with van der Waals surface area (Å²) in [6, 6.07) is 14.0. The van der Waals surface area contributed by atoms with Crippen LogP contribution in [-0.4, -0.2) is 40.5 Å². The van der Waals surface area contributed by atoms with Gasteiger partial charge in [-0.15, -0.1) is 0 Å². The van der Waals surface area contributed by atoms with Crippen molar-refractivity contribution in [2.75, 3.05) is 0 Å². The van der Waals surface area contributed by atoms with Crippen LogP contribution in [0.15, 0.2) is 48.5 Å². The quantitative estimate of drug-likeness (QED) is 0.392. The number of carbonyl (C=O) groups is 3. The minimum Gasteiger partial charge on any atom is -0.444 e. The Morgan fingerprint density at radius 2 is 1.69 bits per heavy atom. The molecule has 0 heterocycles. The summed E-state index contributed by atoms with van der Waals surface area (Å²) in [6.07, 6.45) is 2.44. The molecular weight excluding hydrogens is 490 g/mol. The Morgan fingerprint density at radius 1 is 1.03 bits per heavy atom. The van der Waals surface area contributed by atoms with Gasteiger partial charge in [0.1, 0.15) is 17.7 Å². The molecule has 3 amide bonds. The minimum absolute atomic E-state index is 0.0833. The average molecular weight is 536 g/mol. The van der Waals surface area contributed by atoms with E-state index in [2.05, 4.69) is 10.6 Å². The summed E-state index contributed by atoms with van der Waals surface area (Å²) in [6.45, 7) is 13.7. The van der Waals surface area contributed by atoms with Gasteiger partial charge in [-0.2, -0.15) is 0 Å². The fourth-order valence-corrected chi connectivity index (χ4v) is 4.86. The summed E-state index contributed by atoms with van der Waals surface area (Å²) in [5, 5.41) is 5.92.